The molecule has 0 aliphatic carbocycles. The summed E-state index contributed by atoms with van der Waals surface area (Å²) in [7, 11) is 0. The van der Waals surface area contributed by atoms with Gasteiger partial charge in [-0.05, 0) is 29.8 Å². The quantitative estimate of drug-likeness (QED) is 0.669. The van der Waals surface area contributed by atoms with Crippen LogP contribution < -0.4 is 14.8 Å². The van der Waals surface area contributed by atoms with E-state index < -0.39 is 0 Å². The van der Waals surface area contributed by atoms with Crippen molar-refractivity contribution >= 4 is 17.8 Å². The second-order valence-electron chi connectivity index (χ2n) is 5.32. The molecule has 0 radical (unpaired) electrons. The van der Waals surface area contributed by atoms with Crippen LogP contribution in [0.25, 0.3) is 0 Å². The molecule has 1 amide bonds. The van der Waals surface area contributed by atoms with Crippen molar-refractivity contribution in [2.75, 3.05) is 25.1 Å². The molecule has 0 fully saturated rings. The summed E-state index contributed by atoms with van der Waals surface area (Å²) in [6, 6.07) is 10.9. The average molecular weight is 344 g/mol. The third-order valence-electron chi connectivity index (χ3n) is 3.37. The Morgan fingerprint density at radius 1 is 1.16 bits per heavy atom. The van der Waals surface area contributed by atoms with Gasteiger partial charge in [0.1, 0.15) is 5.82 Å². The number of ether oxygens (including phenoxy) is 2. The number of halogens is 1. The summed E-state index contributed by atoms with van der Waals surface area (Å²) in [5.74, 6) is 0.583. The molecule has 2 aromatic rings. The first kappa shape index (κ1) is 16.8. The Bertz CT molecular complexity index is 762. The number of hydrogen-bond donors (Lipinski definition) is 1. The summed E-state index contributed by atoms with van der Waals surface area (Å²) < 4.78 is 23.9. The standard InChI is InChI=1S/C18H17FN2O4/c19-14-4-2-13(3-5-14)11-20-25-12-18(22)21-15-6-7-16-17(10-15)24-9-1-8-23-16/h2-7,10-11H,1,8-9,12H2,(H,21,22)/b20-11+. The van der Waals surface area contributed by atoms with E-state index in [9.17, 15) is 9.18 Å². The van der Waals surface area contributed by atoms with E-state index in [1.807, 2.05) is 0 Å². The molecular weight excluding hydrogens is 327 g/mol. The lowest BCUT2D eigenvalue weighted by molar-refractivity contribution is -0.120. The van der Waals surface area contributed by atoms with Crippen molar-refractivity contribution in [3.05, 3.63) is 53.8 Å². The molecule has 25 heavy (non-hydrogen) atoms. The molecule has 0 bridgehead atoms. The highest BCUT2D eigenvalue weighted by atomic mass is 19.1. The number of nitrogens with one attached hydrogen (secondary N) is 1. The van der Waals surface area contributed by atoms with Crippen LogP contribution in [0.5, 0.6) is 11.5 Å². The van der Waals surface area contributed by atoms with Gasteiger partial charge in [-0.1, -0.05) is 17.3 Å². The van der Waals surface area contributed by atoms with Crippen molar-refractivity contribution in [2.24, 2.45) is 5.16 Å². The Hall–Kier alpha value is -3.09. The summed E-state index contributed by atoms with van der Waals surface area (Å²) in [6.07, 6.45) is 2.22. The SMILES string of the molecule is O=C(CO/N=C/c1ccc(F)cc1)Nc1ccc2c(c1)OCCCO2. The first-order chi connectivity index (χ1) is 12.2. The van der Waals surface area contributed by atoms with Gasteiger partial charge in [0.15, 0.2) is 18.1 Å². The van der Waals surface area contributed by atoms with Gasteiger partial charge in [0.2, 0.25) is 0 Å². The van der Waals surface area contributed by atoms with Crippen LogP contribution in [0.15, 0.2) is 47.6 Å². The van der Waals surface area contributed by atoms with Gasteiger partial charge in [0, 0.05) is 18.2 Å². The van der Waals surface area contributed by atoms with Gasteiger partial charge in [0.05, 0.1) is 19.4 Å². The van der Waals surface area contributed by atoms with Crippen LogP contribution in [0.4, 0.5) is 10.1 Å². The van der Waals surface area contributed by atoms with Crippen molar-refractivity contribution in [1.29, 1.82) is 0 Å². The van der Waals surface area contributed by atoms with E-state index >= 15 is 0 Å². The van der Waals surface area contributed by atoms with Crippen molar-refractivity contribution < 1.29 is 23.5 Å². The van der Waals surface area contributed by atoms with E-state index in [0.29, 0.717) is 36.0 Å². The molecule has 1 heterocycles. The van der Waals surface area contributed by atoms with E-state index in [2.05, 4.69) is 10.5 Å². The largest absolute Gasteiger partial charge is 0.490 e. The van der Waals surface area contributed by atoms with Crippen LogP contribution >= 0.6 is 0 Å². The summed E-state index contributed by atoms with van der Waals surface area (Å²) in [5.41, 5.74) is 1.25. The Morgan fingerprint density at radius 2 is 1.92 bits per heavy atom. The fraction of sp³-hybridized carbons (Fsp3) is 0.222. The first-order valence-corrected chi connectivity index (χ1v) is 7.81. The van der Waals surface area contributed by atoms with Crippen molar-refractivity contribution in [2.45, 2.75) is 6.42 Å². The number of amides is 1. The number of fused-ring (bicyclic) bond motifs is 1. The summed E-state index contributed by atoms with van der Waals surface area (Å²) >= 11 is 0. The Kier molecular flexibility index (Phi) is 5.46. The van der Waals surface area contributed by atoms with Crippen molar-refractivity contribution in [1.82, 2.24) is 0 Å². The minimum atomic E-state index is -0.356. The molecule has 130 valence electrons. The second kappa shape index (κ2) is 8.14. The molecule has 1 N–H and O–H groups in total. The topological polar surface area (TPSA) is 69.2 Å². The van der Waals surface area contributed by atoms with Gasteiger partial charge in [0.25, 0.3) is 5.91 Å². The number of carbonyl (C=O) groups is 1. The van der Waals surface area contributed by atoms with Gasteiger partial charge in [-0.15, -0.1) is 0 Å². The third-order valence-corrected chi connectivity index (χ3v) is 3.37. The van der Waals surface area contributed by atoms with Crippen LogP contribution in [-0.4, -0.2) is 31.9 Å². The molecule has 0 unspecified atom stereocenters. The van der Waals surface area contributed by atoms with Crippen LogP contribution in [0.1, 0.15) is 12.0 Å². The van der Waals surface area contributed by atoms with Gasteiger partial charge >= 0.3 is 0 Å². The Morgan fingerprint density at radius 3 is 2.72 bits per heavy atom. The smallest absolute Gasteiger partial charge is 0.265 e. The molecule has 0 atom stereocenters. The molecule has 3 rings (SSSR count). The maximum atomic E-state index is 12.8. The molecular formula is C18H17FN2O4. The Balaban J connectivity index is 1.49. The number of rotatable bonds is 5. The molecule has 7 heteroatoms. The number of hydrogen-bond acceptors (Lipinski definition) is 5. The lowest BCUT2D eigenvalue weighted by atomic mass is 10.2. The molecule has 1 aliphatic rings. The predicted octanol–water partition coefficient (Wildman–Crippen LogP) is 2.98. The highest BCUT2D eigenvalue weighted by molar-refractivity contribution is 5.92. The lowest BCUT2D eigenvalue weighted by Gasteiger charge is -2.10. The molecule has 0 saturated heterocycles. The van der Waals surface area contributed by atoms with Gasteiger partial charge in [-0.3, -0.25) is 4.79 Å². The van der Waals surface area contributed by atoms with Crippen LogP contribution in [-0.2, 0) is 9.63 Å². The molecule has 0 saturated carbocycles. The molecule has 0 aromatic heterocycles. The van der Waals surface area contributed by atoms with E-state index in [0.717, 1.165) is 6.42 Å². The maximum Gasteiger partial charge on any atom is 0.265 e. The zero-order valence-electron chi connectivity index (χ0n) is 13.4. The summed E-state index contributed by atoms with van der Waals surface area (Å²) in [6.45, 7) is 0.941. The highest BCUT2D eigenvalue weighted by Gasteiger charge is 2.12. The minimum absolute atomic E-state index is 0.244. The molecule has 1 aliphatic heterocycles. The maximum absolute atomic E-state index is 12.8. The van der Waals surface area contributed by atoms with Gasteiger partial charge in [-0.25, -0.2) is 4.39 Å². The zero-order valence-corrected chi connectivity index (χ0v) is 13.4. The number of benzene rings is 2. The normalized spacial score (nSPS) is 13.3. The zero-order chi connectivity index (χ0) is 17.5. The van der Waals surface area contributed by atoms with Crippen LogP contribution in [0.3, 0.4) is 0 Å². The summed E-state index contributed by atoms with van der Waals surface area (Å²) in [5, 5.41) is 6.38. The minimum Gasteiger partial charge on any atom is -0.490 e. The molecule has 6 nitrogen and oxygen atoms in total. The fourth-order valence-electron chi connectivity index (χ4n) is 2.18. The molecule has 2 aromatic carbocycles. The number of carbonyl (C=O) groups excluding carboxylic acids is 1. The predicted molar refractivity (Wildman–Crippen MR) is 90.6 cm³/mol. The monoisotopic (exact) mass is 344 g/mol. The molecule has 0 spiro atoms. The van der Waals surface area contributed by atoms with E-state index in [-0.39, 0.29) is 18.3 Å². The van der Waals surface area contributed by atoms with Crippen LogP contribution in [0.2, 0.25) is 0 Å². The van der Waals surface area contributed by atoms with Gasteiger partial charge in [-0.2, -0.15) is 0 Å². The van der Waals surface area contributed by atoms with E-state index in [1.165, 1.54) is 18.3 Å². The lowest BCUT2D eigenvalue weighted by Crippen LogP contribution is -2.17. The van der Waals surface area contributed by atoms with Gasteiger partial charge < -0.3 is 19.6 Å². The summed E-state index contributed by atoms with van der Waals surface area (Å²) in [4.78, 5) is 16.8. The Labute approximate surface area is 144 Å². The number of anilines is 1. The van der Waals surface area contributed by atoms with Crippen LogP contribution in [0, 0.1) is 5.82 Å². The number of oxime groups is 1. The van der Waals surface area contributed by atoms with Crippen molar-refractivity contribution in [3.63, 3.8) is 0 Å². The first-order valence-electron chi connectivity index (χ1n) is 7.81. The highest BCUT2D eigenvalue weighted by Crippen LogP contribution is 2.32. The van der Waals surface area contributed by atoms with E-state index in [1.54, 1.807) is 30.3 Å². The third kappa shape index (κ3) is 4.94. The van der Waals surface area contributed by atoms with E-state index in [4.69, 9.17) is 14.3 Å². The second-order valence-corrected chi connectivity index (χ2v) is 5.32. The fourth-order valence-corrected chi connectivity index (χ4v) is 2.18. The average Bonchev–Trinajstić information content (AvgIpc) is 2.85. The van der Waals surface area contributed by atoms with Crippen molar-refractivity contribution in [3.8, 4) is 11.5 Å². The number of nitrogens with zero attached hydrogens (tertiary/aromatic N) is 1.